The van der Waals surface area contributed by atoms with E-state index in [1.165, 1.54) is 28.8 Å². The van der Waals surface area contributed by atoms with Crippen molar-refractivity contribution in [2.75, 3.05) is 12.3 Å². The van der Waals surface area contributed by atoms with E-state index in [0.717, 1.165) is 23.9 Å². The molecule has 2 aliphatic rings. The van der Waals surface area contributed by atoms with Crippen LogP contribution in [0, 0.1) is 11.3 Å². The van der Waals surface area contributed by atoms with E-state index >= 15 is 0 Å². The molecule has 2 aliphatic heterocycles. The second-order valence-corrected chi connectivity index (χ2v) is 9.03. The van der Waals surface area contributed by atoms with E-state index in [-0.39, 0.29) is 18.7 Å². The van der Waals surface area contributed by atoms with Crippen LogP contribution in [-0.2, 0) is 20.6 Å². The van der Waals surface area contributed by atoms with E-state index in [9.17, 15) is 32.7 Å². The van der Waals surface area contributed by atoms with Crippen LogP contribution in [0.1, 0.15) is 12.0 Å². The Morgan fingerprint density at radius 1 is 1.38 bits per heavy atom. The minimum atomic E-state index is -4.49. The fraction of sp³-hybridized carbons (Fsp3) is 0.412. The average molecular weight is 445 g/mol. The molecule has 0 aliphatic carbocycles. The predicted molar refractivity (Wildman–Crippen MR) is 97.8 cm³/mol. The summed E-state index contributed by atoms with van der Waals surface area (Å²) in [6.07, 6.45) is -4.87. The minimum Gasteiger partial charge on any atom is -0.480 e. The molecule has 12 heteroatoms. The second kappa shape index (κ2) is 7.79. The van der Waals surface area contributed by atoms with Crippen LogP contribution in [0.3, 0.4) is 0 Å². The van der Waals surface area contributed by atoms with E-state index < -0.39 is 45.7 Å². The van der Waals surface area contributed by atoms with Gasteiger partial charge in [-0.1, -0.05) is 0 Å². The number of nitrogens with zero attached hydrogens (tertiary/aromatic N) is 2. The zero-order valence-corrected chi connectivity index (χ0v) is 16.2. The van der Waals surface area contributed by atoms with Crippen LogP contribution in [0.25, 0.3) is 0 Å². The Hall–Kier alpha value is -2.39. The van der Waals surface area contributed by atoms with Crippen molar-refractivity contribution in [3.05, 3.63) is 29.8 Å². The monoisotopic (exact) mass is 445 g/mol. The highest BCUT2D eigenvalue weighted by Crippen LogP contribution is 2.46. The molecule has 0 radical (unpaired) electrons. The SMILES string of the molecule is N#CCC(=O)N[C@@H]1C(=O)N2CC(Sc3ccc(C(F)(F)F)cc3)(C(=O)O)CS[C@H]12. The summed E-state index contributed by atoms with van der Waals surface area (Å²) in [6, 6.07) is 5.04. The largest absolute Gasteiger partial charge is 0.480 e. The lowest BCUT2D eigenvalue weighted by Crippen LogP contribution is -2.74. The Labute approximate surface area is 171 Å². The number of rotatable bonds is 5. The summed E-state index contributed by atoms with van der Waals surface area (Å²) in [5.41, 5.74) is -0.835. The molecule has 1 aromatic rings. The number of carbonyl (C=O) groups excluding carboxylic acids is 2. The summed E-state index contributed by atoms with van der Waals surface area (Å²) < 4.78 is 36.7. The smallest absolute Gasteiger partial charge is 0.416 e. The molecule has 0 spiro atoms. The molecule has 1 unspecified atom stereocenters. The second-order valence-electron chi connectivity index (χ2n) is 6.47. The molecule has 2 saturated heterocycles. The van der Waals surface area contributed by atoms with Crippen molar-refractivity contribution in [1.29, 1.82) is 5.26 Å². The maximum absolute atomic E-state index is 12.7. The van der Waals surface area contributed by atoms with E-state index in [4.69, 9.17) is 5.26 Å². The molecule has 2 N–H and O–H groups in total. The number of amides is 2. The first-order chi connectivity index (χ1) is 13.6. The predicted octanol–water partition coefficient (Wildman–Crippen LogP) is 1.93. The van der Waals surface area contributed by atoms with Crippen LogP contribution in [0.5, 0.6) is 0 Å². The van der Waals surface area contributed by atoms with Gasteiger partial charge in [0, 0.05) is 17.2 Å². The van der Waals surface area contributed by atoms with Gasteiger partial charge in [0.15, 0.2) is 0 Å². The van der Waals surface area contributed by atoms with Gasteiger partial charge in [0.05, 0.1) is 11.6 Å². The highest BCUT2D eigenvalue weighted by molar-refractivity contribution is 8.05. The minimum absolute atomic E-state index is 0.0904. The van der Waals surface area contributed by atoms with Crippen molar-refractivity contribution >= 4 is 41.3 Å². The van der Waals surface area contributed by atoms with Gasteiger partial charge in [-0.3, -0.25) is 14.4 Å². The molecule has 3 atom stereocenters. The Bertz CT molecular complexity index is 887. The number of fused-ring (bicyclic) bond motifs is 1. The molecule has 0 aromatic heterocycles. The third-order valence-corrected chi connectivity index (χ3v) is 7.55. The highest BCUT2D eigenvalue weighted by Gasteiger charge is 2.57. The number of benzene rings is 1. The molecule has 29 heavy (non-hydrogen) atoms. The molecule has 7 nitrogen and oxygen atoms in total. The zero-order chi connectivity index (χ0) is 21.4. The number of carboxylic acid groups (broad SMARTS) is 1. The lowest BCUT2D eigenvalue weighted by molar-refractivity contribution is -0.152. The quantitative estimate of drug-likeness (QED) is 0.667. The molecule has 154 valence electrons. The summed E-state index contributed by atoms with van der Waals surface area (Å²) >= 11 is 2.07. The first-order valence-electron chi connectivity index (χ1n) is 8.25. The van der Waals surface area contributed by atoms with E-state index in [1.807, 2.05) is 0 Å². The topological polar surface area (TPSA) is 111 Å². The van der Waals surface area contributed by atoms with Crippen molar-refractivity contribution in [2.24, 2.45) is 0 Å². The number of carboxylic acids is 1. The molecule has 2 amide bonds. The van der Waals surface area contributed by atoms with E-state index in [0.29, 0.717) is 4.90 Å². The lowest BCUT2D eigenvalue weighted by Gasteiger charge is -2.53. The van der Waals surface area contributed by atoms with Crippen LogP contribution in [-0.4, -0.2) is 56.3 Å². The Morgan fingerprint density at radius 3 is 2.59 bits per heavy atom. The number of nitrogens with one attached hydrogen (secondary N) is 1. The summed E-state index contributed by atoms with van der Waals surface area (Å²) in [5.74, 6) is -2.13. The van der Waals surface area contributed by atoms with Crippen LogP contribution < -0.4 is 5.32 Å². The van der Waals surface area contributed by atoms with Crippen molar-refractivity contribution in [3.8, 4) is 6.07 Å². The van der Waals surface area contributed by atoms with Gasteiger partial charge >= 0.3 is 12.1 Å². The Balaban J connectivity index is 1.72. The zero-order valence-electron chi connectivity index (χ0n) is 14.6. The summed E-state index contributed by atoms with van der Waals surface area (Å²) in [7, 11) is 0. The summed E-state index contributed by atoms with van der Waals surface area (Å²) in [4.78, 5) is 37.5. The van der Waals surface area contributed by atoms with Gasteiger partial charge in [-0.25, -0.2) is 0 Å². The standard InChI is InChI=1S/C17H14F3N3O4S2/c18-17(19,20)9-1-3-10(4-2-9)29-16(15(26)27)7-23-13(25)12(14(23)28-8-16)22-11(24)5-6-21/h1-4,12,14H,5,7-8H2,(H,22,24)(H,26,27)/t12-,14-,16?/m1/s1. The summed E-state index contributed by atoms with van der Waals surface area (Å²) in [6.45, 7) is -0.144. The fourth-order valence-corrected chi connectivity index (χ4v) is 5.86. The number of β-lactam (4-membered cyclic amide) rings is 1. The molecule has 1 aromatic carbocycles. The highest BCUT2D eigenvalue weighted by atomic mass is 32.2. The van der Waals surface area contributed by atoms with Gasteiger partial charge < -0.3 is 15.3 Å². The number of hydrogen-bond acceptors (Lipinski definition) is 6. The first kappa shape index (κ1) is 21.3. The Kier molecular flexibility index (Phi) is 5.73. The fourth-order valence-electron chi connectivity index (χ4n) is 3.02. The number of carbonyl (C=O) groups is 3. The van der Waals surface area contributed by atoms with Crippen molar-refractivity contribution < 1.29 is 32.7 Å². The van der Waals surface area contributed by atoms with Gasteiger partial charge in [0.25, 0.3) is 0 Å². The maximum Gasteiger partial charge on any atom is 0.416 e. The molecule has 2 fully saturated rings. The lowest BCUT2D eigenvalue weighted by atomic mass is 10.0. The first-order valence-corrected chi connectivity index (χ1v) is 10.1. The average Bonchev–Trinajstić information content (AvgIpc) is 2.66. The summed E-state index contributed by atoms with van der Waals surface area (Å²) in [5, 5.41) is 20.3. The van der Waals surface area contributed by atoms with Crippen LogP contribution in [0.4, 0.5) is 13.2 Å². The van der Waals surface area contributed by atoms with E-state index in [2.05, 4.69) is 5.32 Å². The molecular formula is C17H14F3N3O4S2. The van der Waals surface area contributed by atoms with Gasteiger partial charge in [-0.2, -0.15) is 18.4 Å². The number of hydrogen-bond donors (Lipinski definition) is 2. The number of halogens is 3. The third kappa shape index (κ3) is 4.16. The normalized spacial score (nSPS) is 26.1. The van der Waals surface area contributed by atoms with Gasteiger partial charge in [-0.05, 0) is 24.3 Å². The maximum atomic E-state index is 12.7. The molecule has 0 bridgehead atoms. The molecular weight excluding hydrogens is 431 g/mol. The van der Waals surface area contributed by atoms with Gasteiger partial charge in [0.2, 0.25) is 11.8 Å². The third-order valence-electron chi connectivity index (χ3n) is 4.50. The number of nitriles is 1. The van der Waals surface area contributed by atoms with Crippen molar-refractivity contribution in [1.82, 2.24) is 10.2 Å². The number of aliphatic carboxylic acids is 1. The van der Waals surface area contributed by atoms with Gasteiger partial charge in [-0.15, -0.1) is 23.5 Å². The molecule has 0 saturated carbocycles. The molecule has 3 rings (SSSR count). The number of thioether (sulfide) groups is 2. The van der Waals surface area contributed by atoms with Crippen LogP contribution in [0.2, 0.25) is 0 Å². The Morgan fingerprint density at radius 2 is 2.03 bits per heavy atom. The van der Waals surface area contributed by atoms with Crippen molar-refractivity contribution in [3.63, 3.8) is 0 Å². The number of alkyl halides is 3. The van der Waals surface area contributed by atoms with Crippen molar-refractivity contribution in [2.45, 2.75) is 33.7 Å². The van der Waals surface area contributed by atoms with Crippen LogP contribution in [0.15, 0.2) is 29.2 Å². The van der Waals surface area contributed by atoms with E-state index in [1.54, 1.807) is 6.07 Å². The molecule has 2 heterocycles. The van der Waals surface area contributed by atoms with Gasteiger partial charge in [0.1, 0.15) is 22.6 Å². The van der Waals surface area contributed by atoms with Crippen LogP contribution >= 0.6 is 23.5 Å².